The van der Waals surface area contributed by atoms with E-state index >= 15 is 0 Å². The molecule has 3 aromatic carbocycles. The van der Waals surface area contributed by atoms with E-state index in [2.05, 4.69) is 60.3 Å². The number of aliphatic hydroxyl groups excluding tert-OH is 1. The SMILES string of the molecule is CC(C)CN(CCO)CCN(Cc1cc(C(=O)Nc2ccc3c(c2)NC(=O)C(C)O3)ccc1-c1ccccc1)CC(C)C. The summed E-state index contributed by atoms with van der Waals surface area (Å²) in [6.07, 6.45) is -0.558. The third-order valence-electron chi connectivity index (χ3n) is 7.41. The Hall–Kier alpha value is -3.72. The minimum Gasteiger partial charge on any atom is -0.479 e. The Morgan fingerprint density at radius 3 is 2.33 bits per heavy atom. The molecule has 0 spiro atoms. The number of nitrogens with one attached hydrogen (secondary N) is 2. The van der Waals surface area contributed by atoms with Crippen LogP contribution in [-0.4, -0.2) is 72.2 Å². The number of benzene rings is 3. The van der Waals surface area contributed by atoms with Crippen LogP contribution < -0.4 is 15.4 Å². The molecule has 43 heavy (non-hydrogen) atoms. The predicted octanol–water partition coefficient (Wildman–Crippen LogP) is 5.73. The van der Waals surface area contributed by atoms with E-state index in [9.17, 15) is 14.7 Å². The Balaban J connectivity index is 1.58. The van der Waals surface area contributed by atoms with Crippen LogP contribution in [0.3, 0.4) is 0 Å². The highest BCUT2D eigenvalue weighted by Crippen LogP contribution is 2.33. The van der Waals surface area contributed by atoms with Crippen LogP contribution in [0, 0.1) is 11.8 Å². The van der Waals surface area contributed by atoms with Crippen molar-refractivity contribution in [2.24, 2.45) is 11.8 Å². The maximum atomic E-state index is 13.5. The van der Waals surface area contributed by atoms with E-state index in [0.29, 0.717) is 47.6 Å². The minimum absolute atomic E-state index is 0.148. The Morgan fingerprint density at radius 1 is 0.930 bits per heavy atom. The zero-order chi connectivity index (χ0) is 30.9. The molecule has 3 aromatic rings. The highest BCUT2D eigenvalue weighted by Gasteiger charge is 2.24. The molecule has 1 heterocycles. The largest absolute Gasteiger partial charge is 0.479 e. The highest BCUT2D eigenvalue weighted by atomic mass is 16.5. The first-order chi connectivity index (χ1) is 20.6. The Morgan fingerprint density at radius 2 is 1.63 bits per heavy atom. The van der Waals surface area contributed by atoms with Crippen molar-refractivity contribution in [1.82, 2.24) is 9.80 Å². The minimum atomic E-state index is -0.558. The molecule has 0 aromatic heterocycles. The van der Waals surface area contributed by atoms with Gasteiger partial charge in [-0.05, 0) is 65.8 Å². The van der Waals surface area contributed by atoms with E-state index in [4.69, 9.17) is 4.74 Å². The van der Waals surface area contributed by atoms with Gasteiger partial charge in [-0.1, -0.05) is 64.1 Å². The first kappa shape index (κ1) is 32.2. The number of nitrogens with zero attached hydrogens (tertiary/aromatic N) is 2. The maximum Gasteiger partial charge on any atom is 0.265 e. The molecule has 3 N–H and O–H groups in total. The quantitative estimate of drug-likeness (QED) is 0.223. The molecule has 0 aliphatic carbocycles. The van der Waals surface area contributed by atoms with Gasteiger partial charge in [0.2, 0.25) is 0 Å². The summed E-state index contributed by atoms with van der Waals surface area (Å²) in [6.45, 7) is 15.6. The van der Waals surface area contributed by atoms with Gasteiger partial charge in [0.25, 0.3) is 11.8 Å². The van der Waals surface area contributed by atoms with Crippen molar-refractivity contribution in [2.75, 3.05) is 50.0 Å². The van der Waals surface area contributed by atoms with Crippen molar-refractivity contribution >= 4 is 23.2 Å². The van der Waals surface area contributed by atoms with Crippen molar-refractivity contribution in [1.29, 1.82) is 0 Å². The van der Waals surface area contributed by atoms with Gasteiger partial charge in [-0.3, -0.25) is 19.4 Å². The van der Waals surface area contributed by atoms with Gasteiger partial charge >= 0.3 is 0 Å². The standard InChI is InChI=1S/C35H46N4O4/c1-24(2)21-38(17-18-40)15-16-39(22-25(3)4)23-29-19-28(11-13-31(29)27-9-7-6-8-10-27)35(42)36-30-12-14-33-32(20-30)37-34(41)26(5)43-33/h6-14,19-20,24-26,40H,15-18,21-23H2,1-5H3,(H,36,42)(H,37,41). The number of carbonyl (C=O) groups is 2. The number of carbonyl (C=O) groups excluding carboxylic acids is 2. The van der Waals surface area contributed by atoms with E-state index < -0.39 is 6.10 Å². The van der Waals surface area contributed by atoms with Crippen LogP contribution in [0.1, 0.15) is 50.5 Å². The maximum absolute atomic E-state index is 13.5. The van der Waals surface area contributed by atoms with Crippen LogP contribution in [0.25, 0.3) is 11.1 Å². The molecule has 0 fully saturated rings. The number of ether oxygens (including phenoxy) is 1. The summed E-state index contributed by atoms with van der Waals surface area (Å²) in [5, 5.41) is 15.4. The zero-order valence-corrected chi connectivity index (χ0v) is 26.1. The number of hydrogen-bond donors (Lipinski definition) is 3. The van der Waals surface area contributed by atoms with Crippen LogP contribution in [0.5, 0.6) is 5.75 Å². The molecular formula is C35H46N4O4. The fraction of sp³-hybridized carbons (Fsp3) is 0.429. The molecule has 0 bridgehead atoms. The smallest absolute Gasteiger partial charge is 0.265 e. The average Bonchev–Trinajstić information content (AvgIpc) is 2.96. The fourth-order valence-electron chi connectivity index (χ4n) is 5.48. The van der Waals surface area contributed by atoms with Gasteiger partial charge in [-0.25, -0.2) is 0 Å². The Labute approximate surface area is 256 Å². The molecule has 8 heteroatoms. The lowest BCUT2D eigenvalue weighted by Gasteiger charge is -2.30. The lowest BCUT2D eigenvalue weighted by molar-refractivity contribution is -0.122. The summed E-state index contributed by atoms with van der Waals surface area (Å²) in [5.74, 6) is 1.13. The molecule has 0 saturated heterocycles. The normalized spacial score (nSPS) is 14.7. The average molecular weight is 587 g/mol. The summed E-state index contributed by atoms with van der Waals surface area (Å²) in [4.78, 5) is 30.3. The van der Waals surface area contributed by atoms with Crippen molar-refractivity contribution < 1.29 is 19.4 Å². The van der Waals surface area contributed by atoms with Gasteiger partial charge in [-0.15, -0.1) is 0 Å². The second-order valence-electron chi connectivity index (χ2n) is 12.2. The van der Waals surface area contributed by atoms with Gasteiger partial charge in [0, 0.05) is 50.5 Å². The zero-order valence-electron chi connectivity index (χ0n) is 26.1. The monoisotopic (exact) mass is 586 g/mol. The van der Waals surface area contributed by atoms with E-state index in [1.165, 1.54) is 0 Å². The van der Waals surface area contributed by atoms with Crippen molar-refractivity contribution in [3.05, 3.63) is 77.9 Å². The van der Waals surface area contributed by atoms with Crippen molar-refractivity contribution in [3.8, 4) is 16.9 Å². The molecule has 1 aliphatic heterocycles. The van der Waals surface area contributed by atoms with Gasteiger partial charge < -0.3 is 20.5 Å². The number of aliphatic hydroxyl groups is 1. The van der Waals surface area contributed by atoms with Crippen LogP contribution in [0.15, 0.2) is 66.7 Å². The first-order valence-electron chi connectivity index (χ1n) is 15.3. The molecule has 1 aliphatic rings. The number of anilines is 2. The van der Waals surface area contributed by atoms with E-state index in [1.54, 1.807) is 25.1 Å². The lowest BCUT2D eigenvalue weighted by atomic mass is 9.96. The number of hydrogen-bond acceptors (Lipinski definition) is 6. The second-order valence-corrected chi connectivity index (χ2v) is 12.2. The molecule has 8 nitrogen and oxygen atoms in total. The topological polar surface area (TPSA) is 94.1 Å². The van der Waals surface area contributed by atoms with Crippen LogP contribution in [0.2, 0.25) is 0 Å². The molecule has 230 valence electrons. The summed E-state index contributed by atoms with van der Waals surface area (Å²) in [5.41, 5.74) is 4.97. The van der Waals surface area contributed by atoms with Crippen molar-refractivity contribution in [2.45, 2.75) is 47.3 Å². The van der Waals surface area contributed by atoms with Gasteiger partial charge in [0.1, 0.15) is 5.75 Å². The number of amides is 2. The van der Waals surface area contributed by atoms with Crippen LogP contribution in [0.4, 0.5) is 11.4 Å². The molecule has 1 unspecified atom stereocenters. The fourth-order valence-corrected chi connectivity index (χ4v) is 5.48. The van der Waals surface area contributed by atoms with E-state index in [-0.39, 0.29) is 18.4 Å². The van der Waals surface area contributed by atoms with Gasteiger partial charge in [0.15, 0.2) is 6.10 Å². The van der Waals surface area contributed by atoms with E-state index in [0.717, 1.165) is 42.9 Å². The third kappa shape index (κ3) is 9.13. The molecule has 0 saturated carbocycles. The summed E-state index contributed by atoms with van der Waals surface area (Å²) in [7, 11) is 0. The Bertz CT molecular complexity index is 1380. The molecule has 0 radical (unpaired) electrons. The molecular weight excluding hydrogens is 540 g/mol. The van der Waals surface area contributed by atoms with Crippen LogP contribution in [-0.2, 0) is 11.3 Å². The lowest BCUT2D eigenvalue weighted by Crippen LogP contribution is -2.39. The molecule has 4 rings (SSSR count). The Kier molecular flexibility index (Phi) is 11.3. The molecule has 1 atom stereocenters. The van der Waals surface area contributed by atoms with E-state index in [1.807, 2.05) is 36.4 Å². The summed E-state index contributed by atoms with van der Waals surface area (Å²) < 4.78 is 5.65. The second kappa shape index (κ2) is 15.1. The summed E-state index contributed by atoms with van der Waals surface area (Å²) in [6, 6.07) is 21.4. The van der Waals surface area contributed by atoms with Crippen molar-refractivity contribution in [3.63, 3.8) is 0 Å². The number of rotatable bonds is 14. The number of fused-ring (bicyclic) bond motifs is 1. The highest BCUT2D eigenvalue weighted by molar-refractivity contribution is 6.05. The van der Waals surface area contributed by atoms with Gasteiger partial charge in [-0.2, -0.15) is 0 Å². The first-order valence-corrected chi connectivity index (χ1v) is 15.3. The summed E-state index contributed by atoms with van der Waals surface area (Å²) >= 11 is 0. The molecule has 2 amide bonds. The third-order valence-corrected chi connectivity index (χ3v) is 7.41. The predicted molar refractivity (Wildman–Crippen MR) is 173 cm³/mol. The van der Waals surface area contributed by atoms with Gasteiger partial charge in [0.05, 0.1) is 12.3 Å². The van der Waals surface area contributed by atoms with Crippen LogP contribution >= 0.6 is 0 Å².